The van der Waals surface area contributed by atoms with Gasteiger partial charge in [0.15, 0.2) is 0 Å². The Morgan fingerprint density at radius 2 is 1.70 bits per heavy atom. The number of ether oxygens (including phenoxy) is 2. The van der Waals surface area contributed by atoms with Crippen LogP contribution in [0.4, 0.5) is 0 Å². The molecule has 0 fully saturated rings. The summed E-state index contributed by atoms with van der Waals surface area (Å²) in [5.74, 6) is 0.131. The van der Waals surface area contributed by atoms with E-state index in [9.17, 15) is 9.59 Å². The summed E-state index contributed by atoms with van der Waals surface area (Å²) in [7, 11) is 0. The van der Waals surface area contributed by atoms with Crippen LogP contribution in [-0.4, -0.2) is 37.0 Å². The molecule has 0 spiro atoms. The first-order valence-electron chi connectivity index (χ1n) is 6.82. The number of rotatable bonds is 12. The van der Waals surface area contributed by atoms with Gasteiger partial charge in [-0.05, 0) is 33.6 Å². The molecular weight excluding hydrogens is 284 g/mol. The Kier molecular flexibility index (Phi) is 12.7. The zero-order chi connectivity index (χ0) is 15.2. The minimum Gasteiger partial charge on any atom is -0.466 e. The van der Waals surface area contributed by atoms with Gasteiger partial charge in [-0.25, -0.2) is 4.89 Å². The summed E-state index contributed by atoms with van der Waals surface area (Å²) in [5, 5.41) is 0. The van der Waals surface area contributed by atoms with Crippen molar-refractivity contribution in [3.63, 3.8) is 0 Å². The Morgan fingerprint density at radius 1 is 1.05 bits per heavy atom. The molecule has 0 saturated heterocycles. The predicted octanol–water partition coefficient (Wildman–Crippen LogP) is 2.66. The first-order valence-corrected chi connectivity index (χ1v) is 7.73. The van der Waals surface area contributed by atoms with E-state index < -0.39 is 0 Å². The molecule has 7 heteroatoms. The summed E-state index contributed by atoms with van der Waals surface area (Å²) in [6, 6.07) is 0. The highest BCUT2D eigenvalue weighted by Crippen LogP contribution is 2.09. The summed E-state index contributed by atoms with van der Waals surface area (Å²) in [6.07, 6.45) is 1.77. The maximum Gasteiger partial charge on any atom is 0.305 e. The lowest BCUT2D eigenvalue weighted by Crippen LogP contribution is -2.09. The maximum atomic E-state index is 11.3. The standard InChI is InChI=1S/C13H24O6S/c1-4-16-12(14)7-5-9-17-13(15)8-6-10-20-19-18-11(2)3/h11H,4-10H2,1-3H3. The van der Waals surface area contributed by atoms with Gasteiger partial charge < -0.3 is 9.47 Å². The summed E-state index contributed by atoms with van der Waals surface area (Å²) in [6.45, 7) is 6.12. The molecule has 0 heterocycles. The first kappa shape index (κ1) is 19.2. The SMILES string of the molecule is CCOC(=O)CCCOC(=O)CCCSOOC(C)C. The summed E-state index contributed by atoms with van der Waals surface area (Å²) < 4.78 is 14.6. The van der Waals surface area contributed by atoms with Crippen molar-refractivity contribution in [3.8, 4) is 0 Å². The van der Waals surface area contributed by atoms with Crippen LogP contribution in [0.3, 0.4) is 0 Å². The third kappa shape index (κ3) is 13.6. The Labute approximate surface area is 124 Å². The molecule has 0 aliphatic rings. The van der Waals surface area contributed by atoms with Crippen LogP contribution in [-0.2, 0) is 28.3 Å². The van der Waals surface area contributed by atoms with E-state index in [1.807, 2.05) is 13.8 Å². The number of carbonyl (C=O) groups is 2. The van der Waals surface area contributed by atoms with Crippen LogP contribution in [0.2, 0.25) is 0 Å². The van der Waals surface area contributed by atoms with Crippen LogP contribution in [0.25, 0.3) is 0 Å². The molecule has 0 saturated carbocycles. The third-order valence-electron chi connectivity index (χ3n) is 1.98. The number of hydrogen-bond donors (Lipinski definition) is 0. The monoisotopic (exact) mass is 308 g/mol. The summed E-state index contributed by atoms with van der Waals surface area (Å²) >= 11 is 1.17. The van der Waals surface area contributed by atoms with Gasteiger partial charge in [-0.15, -0.1) is 0 Å². The van der Waals surface area contributed by atoms with Gasteiger partial charge in [0.05, 0.1) is 19.3 Å². The van der Waals surface area contributed by atoms with E-state index in [0.717, 1.165) is 0 Å². The van der Waals surface area contributed by atoms with E-state index in [1.165, 1.54) is 12.0 Å². The van der Waals surface area contributed by atoms with Crippen molar-refractivity contribution in [1.29, 1.82) is 0 Å². The number of hydrogen-bond acceptors (Lipinski definition) is 7. The lowest BCUT2D eigenvalue weighted by Gasteiger charge is -2.06. The highest BCUT2D eigenvalue weighted by molar-refractivity contribution is 7.94. The van der Waals surface area contributed by atoms with Gasteiger partial charge in [0.25, 0.3) is 0 Å². The normalized spacial score (nSPS) is 10.6. The Balaban J connectivity index is 3.31. The quantitative estimate of drug-likeness (QED) is 0.180. The Morgan fingerprint density at radius 3 is 2.35 bits per heavy atom. The lowest BCUT2D eigenvalue weighted by atomic mass is 10.3. The molecule has 6 nitrogen and oxygen atoms in total. The van der Waals surface area contributed by atoms with Crippen molar-refractivity contribution in [1.82, 2.24) is 0 Å². The minimum atomic E-state index is -0.265. The fourth-order valence-corrected chi connectivity index (χ4v) is 1.67. The molecular formula is C13H24O6S. The van der Waals surface area contributed by atoms with Gasteiger partial charge in [-0.2, -0.15) is 4.33 Å². The summed E-state index contributed by atoms with van der Waals surface area (Å²) in [4.78, 5) is 27.2. The van der Waals surface area contributed by atoms with E-state index in [0.29, 0.717) is 31.6 Å². The Bertz CT molecular complexity index is 270. The fraction of sp³-hybridized carbons (Fsp3) is 0.846. The predicted molar refractivity (Wildman–Crippen MR) is 75.8 cm³/mol. The smallest absolute Gasteiger partial charge is 0.305 e. The second-order valence-corrected chi connectivity index (χ2v) is 5.05. The largest absolute Gasteiger partial charge is 0.466 e. The molecule has 0 aromatic carbocycles. The highest BCUT2D eigenvalue weighted by Gasteiger charge is 2.05. The molecule has 20 heavy (non-hydrogen) atoms. The van der Waals surface area contributed by atoms with Crippen molar-refractivity contribution in [2.75, 3.05) is 19.0 Å². The second-order valence-electron chi connectivity index (χ2n) is 4.27. The van der Waals surface area contributed by atoms with Gasteiger partial charge in [0, 0.05) is 30.6 Å². The molecule has 0 unspecified atom stereocenters. The average Bonchev–Trinajstić information content (AvgIpc) is 2.39. The van der Waals surface area contributed by atoms with Crippen molar-refractivity contribution < 1.29 is 28.3 Å². The molecule has 0 amide bonds. The molecule has 0 bridgehead atoms. The van der Waals surface area contributed by atoms with E-state index in [1.54, 1.807) is 6.92 Å². The molecule has 0 rings (SSSR count). The number of carbonyl (C=O) groups excluding carboxylic acids is 2. The molecule has 0 radical (unpaired) electrons. The van der Waals surface area contributed by atoms with Crippen LogP contribution in [0.1, 0.15) is 46.5 Å². The van der Waals surface area contributed by atoms with Crippen LogP contribution < -0.4 is 0 Å². The maximum absolute atomic E-state index is 11.3. The zero-order valence-corrected chi connectivity index (χ0v) is 13.2. The van der Waals surface area contributed by atoms with E-state index in [2.05, 4.69) is 0 Å². The summed E-state index contributed by atoms with van der Waals surface area (Å²) in [5.41, 5.74) is 0. The molecule has 0 N–H and O–H groups in total. The molecule has 0 aromatic heterocycles. The zero-order valence-electron chi connectivity index (χ0n) is 12.4. The number of esters is 2. The van der Waals surface area contributed by atoms with Gasteiger partial charge >= 0.3 is 11.9 Å². The van der Waals surface area contributed by atoms with Crippen LogP contribution >= 0.6 is 12.0 Å². The van der Waals surface area contributed by atoms with Gasteiger partial charge in [-0.3, -0.25) is 9.59 Å². The Hall–Kier alpha value is -0.790. The molecule has 0 atom stereocenters. The molecule has 118 valence electrons. The van der Waals surface area contributed by atoms with Crippen LogP contribution in [0.15, 0.2) is 0 Å². The van der Waals surface area contributed by atoms with Crippen LogP contribution in [0.5, 0.6) is 0 Å². The van der Waals surface area contributed by atoms with Gasteiger partial charge in [-0.1, -0.05) is 0 Å². The van der Waals surface area contributed by atoms with Crippen LogP contribution in [0, 0.1) is 0 Å². The van der Waals surface area contributed by atoms with E-state index in [4.69, 9.17) is 18.7 Å². The molecule has 0 aromatic rings. The van der Waals surface area contributed by atoms with E-state index in [-0.39, 0.29) is 31.1 Å². The van der Waals surface area contributed by atoms with E-state index >= 15 is 0 Å². The van der Waals surface area contributed by atoms with Crippen molar-refractivity contribution in [3.05, 3.63) is 0 Å². The van der Waals surface area contributed by atoms with Gasteiger partial charge in [0.2, 0.25) is 0 Å². The minimum absolute atomic E-state index is 0.0202. The molecule has 0 aliphatic heterocycles. The van der Waals surface area contributed by atoms with Crippen molar-refractivity contribution in [2.45, 2.75) is 52.6 Å². The van der Waals surface area contributed by atoms with Crippen molar-refractivity contribution in [2.24, 2.45) is 0 Å². The topological polar surface area (TPSA) is 71.1 Å². The van der Waals surface area contributed by atoms with Crippen molar-refractivity contribution >= 4 is 24.0 Å². The second kappa shape index (κ2) is 13.2. The molecule has 0 aliphatic carbocycles. The first-order chi connectivity index (χ1) is 9.56. The lowest BCUT2D eigenvalue weighted by molar-refractivity contribution is -0.220. The van der Waals surface area contributed by atoms with Gasteiger partial charge in [0.1, 0.15) is 0 Å². The average molecular weight is 308 g/mol. The fourth-order valence-electron chi connectivity index (χ4n) is 1.12. The highest BCUT2D eigenvalue weighted by atomic mass is 32.2. The third-order valence-corrected chi connectivity index (χ3v) is 2.61.